The second-order valence-corrected chi connectivity index (χ2v) is 10.9. The average Bonchev–Trinajstić information content (AvgIpc) is 3.52. The predicted octanol–water partition coefficient (Wildman–Crippen LogP) is 5.20. The maximum absolute atomic E-state index is 13.8. The SMILES string of the molecule is CCCCCCCCOC(=O)[C@@H]1C[C@@H]2CCC[C@@H]2N1C(=O)[C@@H](C)N[C@H](CCc1ccccc1)C(=O)OCC. The van der Waals surface area contributed by atoms with Crippen molar-refractivity contribution in [1.82, 2.24) is 10.2 Å². The number of nitrogens with zero attached hydrogens (tertiary/aromatic N) is 1. The summed E-state index contributed by atoms with van der Waals surface area (Å²) in [6.07, 6.45) is 11.7. The Balaban J connectivity index is 1.60. The molecule has 0 aromatic heterocycles. The van der Waals surface area contributed by atoms with Crippen molar-refractivity contribution in [3.63, 3.8) is 0 Å². The lowest BCUT2D eigenvalue weighted by Crippen LogP contribution is -2.55. The van der Waals surface area contributed by atoms with Crippen LogP contribution in [-0.2, 0) is 30.3 Å². The van der Waals surface area contributed by atoms with Gasteiger partial charge in [0.05, 0.1) is 19.3 Å². The zero-order chi connectivity index (χ0) is 27.3. The van der Waals surface area contributed by atoms with Crippen LogP contribution in [0.25, 0.3) is 0 Å². The van der Waals surface area contributed by atoms with Gasteiger partial charge in [-0.2, -0.15) is 0 Å². The molecule has 1 aromatic carbocycles. The summed E-state index contributed by atoms with van der Waals surface area (Å²) in [6.45, 7) is 6.47. The van der Waals surface area contributed by atoms with Crippen molar-refractivity contribution in [2.24, 2.45) is 5.92 Å². The van der Waals surface area contributed by atoms with Crippen molar-refractivity contribution < 1.29 is 23.9 Å². The molecule has 1 saturated heterocycles. The summed E-state index contributed by atoms with van der Waals surface area (Å²) in [5.74, 6) is -0.413. The Hall–Kier alpha value is -2.41. The third-order valence-corrected chi connectivity index (χ3v) is 8.06. The number of esters is 2. The Morgan fingerprint density at radius 1 is 1.00 bits per heavy atom. The summed E-state index contributed by atoms with van der Waals surface area (Å²) in [5, 5.41) is 3.25. The lowest BCUT2D eigenvalue weighted by atomic mass is 10.0. The Kier molecular flexibility index (Phi) is 12.6. The summed E-state index contributed by atoms with van der Waals surface area (Å²) in [7, 11) is 0. The highest BCUT2D eigenvalue weighted by Gasteiger charge is 2.50. The molecule has 7 nitrogen and oxygen atoms in total. The Bertz CT molecular complexity index is 876. The van der Waals surface area contributed by atoms with E-state index in [1.807, 2.05) is 30.3 Å². The highest BCUT2D eigenvalue weighted by molar-refractivity contribution is 5.89. The first-order valence-corrected chi connectivity index (χ1v) is 14.9. The molecular weight excluding hydrogens is 480 g/mol. The zero-order valence-corrected chi connectivity index (χ0v) is 23.7. The maximum atomic E-state index is 13.8. The Morgan fingerprint density at radius 2 is 1.74 bits per heavy atom. The first-order valence-electron chi connectivity index (χ1n) is 14.9. The molecule has 1 saturated carbocycles. The molecule has 7 heteroatoms. The highest BCUT2D eigenvalue weighted by Crippen LogP contribution is 2.42. The van der Waals surface area contributed by atoms with Gasteiger partial charge in [0, 0.05) is 6.04 Å². The van der Waals surface area contributed by atoms with Gasteiger partial charge in [-0.1, -0.05) is 75.8 Å². The first kappa shape index (κ1) is 30.1. The number of carbonyl (C=O) groups is 3. The van der Waals surface area contributed by atoms with Crippen LogP contribution in [0.3, 0.4) is 0 Å². The Labute approximate surface area is 229 Å². The first-order chi connectivity index (χ1) is 18.5. The van der Waals surface area contributed by atoms with Gasteiger partial charge in [0.1, 0.15) is 12.1 Å². The molecule has 38 heavy (non-hydrogen) atoms. The molecule has 0 unspecified atom stereocenters. The van der Waals surface area contributed by atoms with Crippen LogP contribution in [0.4, 0.5) is 0 Å². The van der Waals surface area contributed by atoms with E-state index in [9.17, 15) is 14.4 Å². The minimum atomic E-state index is -0.617. The van der Waals surface area contributed by atoms with Gasteiger partial charge in [-0.25, -0.2) is 4.79 Å². The molecule has 1 heterocycles. The van der Waals surface area contributed by atoms with Gasteiger partial charge < -0.3 is 14.4 Å². The monoisotopic (exact) mass is 528 g/mol. The van der Waals surface area contributed by atoms with Gasteiger partial charge in [-0.15, -0.1) is 0 Å². The lowest BCUT2D eigenvalue weighted by molar-refractivity contribution is -0.156. The second-order valence-electron chi connectivity index (χ2n) is 10.9. The van der Waals surface area contributed by atoms with Crippen LogP contribution in [0.5, 0.6) is 0 Å². The highest BCUT2D eigenvalue weighted by atomic mass is 16.5. The van der Waals surface area contributed by atoms with Crippen LogP contribution in [0.1, 0.15) is 97.0 Å². The molecule has 1 amide bonds. The van der Waals surface area contributed by atoms with E-state index in [0.717, 1.165) is 37.7 Å². The van der Waals surface area contributed by atoms with Gasteiger partial charge in [-0.05, 0) is 63.9 Å². The number of benzene rings is 1. The number of hydrogen-bond acceptors (Lipinski definition) is 6. The van der Waals surface area contributed by atoms with E-state index < -0.39 is 18.1 Å². The summed E-state index contributed by atoms with van der Waals surface area (Å²) >= 11 is 0. The minimum absolute atomic E-state index is 0.0729. The van der Waals surface area contributed by atoms with Gasteiger partial charge >= 0.3 is 11.9 Å². The fourth-order valence-electron chi connectivity index (χ4n) is 6.03. The van der Waals surface area contributed by atoms with Crippen LogP contribution < -0.4 is 5.32 Å². The maximum Gasteiger partial charge on any atom is 0.328 e. The van der Waals surface area contributed by atoms with Crippen LogP contribution >= 0.6 is 0 Å². The van der Waals surface area contributed by atoms with Crippen LogP contribution in [0.15, 0.2) is 30.3 Å². The molecule has 212 valence electrons. The summed E-state index contributed by atoms with van der Waals surface area (Å²) in [5.41, 5.74) is 1.13. The van der Waals surface area contributed by atoms with Gasteiger partial charge in [0.2, 0.25) is 5.91 Å². The van der Waals surface area contributed by atoms with Crippen molar-refractivity contribution in [2.75, 3.05) is 13.2 Å². The molecule has 1 aliphatic heterocycles. The number of nitrogens with one attached hydrogen (secondary N) is 1. The van der Waals surface area contributed by atoms with E-state index in [1.165, 1.54) is 25.7 Å². The largest absolute Gasteiger partial charge is 0.465 e. The fraction of sp³-hybridized carbons (Fsp3) is 0.710. The number of carbonyl (C=O) groups excluding carboxylic acids is 3. The van der Waals surface area contributed by atoms with E-state index in [0.29, 0.717) is 31.8 Å². The summed E-state index contributed by atoms with van der Waals surface area (Å²) < 4.78 is 11.0. The molecule has 2 aliphatic rings. The van der Waals surface area contributed by atoms with Crippen molar-refractivity contribution in [1.29, 1.82) is 0 Å². The lowest BCUT2D eigenvalue weighted by Gasteiger charge is -2.32. The molecule has 3 rings (SSSR count). The minimum Gasteiger partial charge on any atom is -0.465 e. The molecule has 1 aromatic rings. The number of fused-ring (bicyclic) bond motifs is 1. The van der Waals surface area contributed by atoms with E-state index in [-0.39, 0.29) is 30.5 Å². The molecule has 1 N–H and O–H groups in total. The number of rotatable bonds is 16. The van der Waals surface area contributed by atoms with E-state index in [2.05, 4.69) is 12.2 Å². The van der Waals surface area contributed by atoms with Crippen molar-refractivity contribution in [3.05, 3.63) is 35.9 Å². The molecule has 1 aliphatic carbocycles. The number of ether oxygens (including phenoxy) is 2. The standard InChI is InChI=1S/C31H48N2O5/c1-4-6-7-8-9-13-21-38-31(36)28-22-25-17-14-18-27(25)33(28)29(34)23(3)32-26(30(35)37-5-2)20-19-24-15-11-10-12-16-24/h10-12,15-16,23,25-28,32H,4-9,13-14,17-22H2,1-3H3/t23-,25+,26-,27+,28+/m1/s1. The number of hydrogen-bond donors (Lipinski definition) is 1. The van der Waals surface area contributed by atoms with Crippen molar-refractivity contribution in [3.8, 4) is 0 Å². The Morgan fingerprint density at radius 3 is 2.47 bits per heavy atom. The van der Waals surface area contributed by atoms with Crippen molar-refractivity contribution >= 4 is 17.8 Å². The molecule has 0 bridgehead atoms. The molecular formula is C31H48N2O5. The number of aryl methyl sites for hydroxylation is 1. The summed E-state index contributed by atoms with van der Waals surface area (Å²) in [6, 6.07) is 8.30. The molecule has 0 spiro atoms. The van der Waals surface area contributed by atoms with E-state index >= 15 is 0 Å². The molecule has 2 fully saturated rings. The van der Waals surface area contributed by atoms with Crippen LogP contribution in [0.2, 0.25) is 0 Å². The van der Waals surface area contributed by atoms with Crippen molar-refractivity contribution in [2.45, 2.75) is 122 Å². The van der Waals surface area contributed by atoms with Gasteiger partial charge in [-0.3, -0.25) is 14.9 Å². The van der Waals surface area contributed by atoms with E-state index in [4.69, 9.17) is 9.47 Å². The third-order valence-electron chi connectivity index (χ3n) is 8.06. The molecule has 0 radical (unpaired) electrons. The van der Waals surface area contributed by atoms with Crippen LogP contribution in [0, 0.1) is 5.92 Å². The predicted molar refractivity (Wildman–Crippen MR) is 148 cm³/mol. The topological polar surface area (TPSA) is 84.9 Å². The van der Waals surface area contributed by atoms with Crippen LogP contribution in [-0.4, -0.2) is 60.1 Å². The third kappa shape index (κ3) is 8.55. The normalized spacial score (nSPS) is 22.1. The summed E-state index contributed by atoms with van der Waals surface area (Å²) in [4.78, 5) is 41.4. The fourth-order valence-corrected chi connectivity index (χ4v) is 6.03. The smallest absolute Gasteiger partial charge is 0.328 e. The van der Waals surface area contributed by atoms with Gasteiger partial charge in [0.15, 0.2) is 0 Å². The van der Waals surface area contributed by atoms with Gasteiger partial charge in [0.25, 0.3) is 0 Å². The van der Waals surface area contributed by atoms with E-state index in [1.54, 1.807) is 18.7 Å². The number of amides is 1. The average molecular weight is 529 g/mol. The number of unbranched alkanes of at least 4 members (excludes halogenated alkanes) is 5. The zero-order valence-electron chi connectivity index (χ0n) is 23.7. The second kappa shape index (κ2) is 15.9. The molecule has 5 atom stereocenters. The number of likely N-dealkylation sites (tertiary alicyclic amines) is 1. The quantitative estimate of drug-likeness (QED) is 0.234.